The summed E-state index contributed by atoms with van der Waals surface area (Å²) in [5.41, 5.74) is 4.11. The van der Waals surface area contributed by atoms with Gasteiger partial charge in [-0.1, -0.05) is 17.7 Å². The molecule has 3 rings (SSSR count). The molecule has 1 saturated carbocycles. The van der Waals surface area contributed by atoms with Gasteiger partial charge in [-0.15, -0.1) is 0 Å². The number of anilines is 1. The molecule has 1 atom stereocenters. The lowest BCUT2D eigenvalue weighted by atomic mass is 9.95. The average molecular weight is 288 g/mol. The van der Waals surface area contributed by atoms with Crippen molar-refractivity contribution in [3.05, 3.63) is 29.3 Å². The van der Waals surface area contributed by atoms with Gasteiger partial charge in [0.05, 0.1) is 6.61 Å². The highest BCUT2D eigenvalue weighted by atomic mass is 16.3. The highest BCUT2D eigenvalue weighted by Gasteiger charge is 2.32. The molecule has 0 aromatic heterocycles. The molecular weight excluding hydrogens is 260 g/mol. The third-order valence-corrected chi connectivity index (χ3v) is 4.86. The molecule has 0 saturated heterocycles. The Kier molecular flexibility index (Phi) is 4.23. The van der Waals surface area contributed by atoms with E-state index in [-0.39, 0.29) is 12.1 Å². The Balaban J connectivity index is 1.65. The van der Waals surface area contributed by atoms with E-state index in [9.17, 15) is 5.11 Å². The van der Waals surface area contributed by atoms with Crippen molar-refractivity contribution in [1.82, 2.24) is 5.32 Å². The van der Waals surface area contributed by atoms with E-state index >= 15 is 0 Å². The Bertz CT molecular complexity index is 498. The average Bonchev–Trinajstić information content (AvgIpc) is 3.28. The minimum absolute atomic E-state index is 0.135. The monoisotopic (exact) mass is 288 g/mol. The summed E-state index contributed by atoms with van der Waals surface area (Å²) in [5, 5.41) is 13.4. The Morgan fingerprint density at radius 3 is 2.90 bits per heavy atom. The number of aliphatic hydroxyl groups is 1. The fourth-order valence-corrected chi connectivity index (χ4v) is 3.34. The van der Waals surface area contributed by atoms with Crippen LogP contribution in [0.5, 0.6) is 0 Å². The van der Waals surface area contributed by atoms with E-state index in [1.165, 1.54) is 42.5 Å². The maximum absolute atomic E-state index is 9.74. The van der Waals surface area contributed by atoms with Crippen LogP contribution in [0.1, 0.15) is 43.7 Å². The van der Waals surface area contributed by atoms with Crippen molar-refractivity contribution < 1.29 is 5.11 Å². The van der Waals surface area contributed by atoms with E-state index in [4.69, 9.17) is 0 Å². The number of nitrogens with one attached hydrogen (secondary N) is 1. The molecule has 2 aliphatic rings. The van der Waals surface area contributed by atoms with Crippen molar-refractivity contribution in [3.63, 3.8) is 0 Å². The van der Waals surface area contributed by atoms with Crippen LogP contribution in [0.4, 0.5) is 5.69 Å². The lowest BCUT2D eigenvalue weighted by Gasteiger charge is -2.36. The number of aryl methyl sites for hydroxylation is 2. The molecule has 21 heavy (non-hydrogen) atoms. The normalized spacial score (nSPS) is 21.0. The van der Waals surface area contributed by atoms with Crippen molar-refractivity contribution >= 4 is 5.69 Å². The maximum atomic E-state index is 9.74. The molecule has 0 amide bonds. The fourth-order valence-electron chi connectivity index (χ4n) is 3.34. The molecule has 0 bridgehead atoms. The van der Waals surface area contributed by atoms with Crippen LogP contribution in [-0.2, 0) is 6.42 Å². The van der Waals surface area contributed by atoms with Gasteiger partial charge < -0.3 is 15.3 Å². The molecule has 1 aliphatic heterocycles. The van der Waals surface area contributed by atoms with E-state index < -0.39 is 0 Å². The first-order chi connectivity index (χ1) is 10.1. The van der Waals surface area contributed by atoms with Crippen molar-refractivity contribution in [1.29, 1.82) is 0 Å². The zero-order chi connectivity index (χ0) is 14.9. The third-order valence-electron chi connectivity index (χ3n) is 4.86. The lowest BCUT2D eigenvalue weighted by Crippen LogP contribution is -2.49. The van der Waals surface area contributed by atoms with Gasteiger partial charge in [-0.2, -0.15) is 0 Å². The molecule has 116 valence electrons. The number of rotatable bonds is 6. The zero-order valence-electron chi connectivity index (χ0n) is 13.4. The predicted molar refractivity (Wildman–Crippen MR) is 88.0 cm³/mol. The number of fused-ring (bicyclic) bond motifs is 1. The first-order valence-electron chi connectivity index (χ1n) is 8.33. The van der Waals surface area contributed by atoms with Crippen LogP contribution in [0.3, 0.4) is 0 Å². The third kappa shape index (κ3) is 3.58. The standard InChI is InChI=1S/C18H28N2O/c1-14-5-8-17-15(12-14)4-3-10-20(17)11-9-18(2,13-21)19-16-6-7-16/h5,8,12,16,19,21H,3-4,6-7,9-11,13H2,1-2H3. The second kappa shape index (κ2) is 5.98. The maximum Gasteiger partial charge on any atom is 0.0611 e. The summed E-state index contributed by atoms with van der Waals surface area (Å²) >= 11 is 0. The van der Waals surface area contributed by atoms with E-state index in [2.05, 4.69) is 42.3 Å². The Hall–Kier alpha value is -1.06. The molecule has 0 spiro atoms. The van der Waals surface area contributed by atoms with Crippen LogP contribution < -0.4 is 10.2 Å². The molecule has 3 heteroatoms. The van der Waals surface area contributed by atoms with Crippen molar-refractivity contribution in [3.8, 4) is 0 Å². The van der Waals surface area contributed by atoms with Gasteiger partial charge in [0.2, 0.25) is 0 Å². The van der Waals surface area contributed by atoms with Gasteiger partial charge in [-0.25, -0.2) is 0 Å². The number of aliphatic hydroxyl groups excluding tert-OH is 1. The molecule has 1 aromatic rings. The molecule has 1 aliphatic carbocycles. The number of benzene rings is 1. The number of hydrogen-bond donors (Lipinski definition) is 2. The Morgan fingerprint density at radius 1 is 1.38 bits per heavy atom. The predicted octanol–water partition coefficient (Wildman–Crippen LogP) is 2.64. The van der Waals surface area contributed by atoms with Crippen LogP contribution >= 0.6 is 0 Å². The number of nitrogens with zero attached hydrogens (tertiary/aromatic N) is 1. The Labute approximate surface area is 128 Å². The topological polar surface area (TPSA) is 35.5 Å². The van der Waals surface area contributed by atoms with Gasteiger partial charge >= 0.3 is 0 Å². The first-order valence-corrected chi connectivity index (χ1v) is 8.33. The molecule has 1 aromatic carbocycles. The molecule has 2 N–H and O–H groups in total. The fraction of sp³-hybridized carbons (Fsp3) is 0.667. The molecule has 1 unspecified atom stereocenters. The van der Waals surface area contributed by atoms with Gasteiger partial charge in [0, 0.05) is 30.4 Å². The highest BCUT2D eigenvalue weighted by Crippen LogP contribution is 2.29. The van der Waals surface area contributed by atoms with Gasteiger partial charge in [-0.05, 0) is 57.6 Å². The largest absolute Gasteiger partial charge is 0.394 e. The summed E-state index contributed by atoms with van der Waals surface area (Å²) in [5.74, 6) is 0. The SMILES string of the molecule is Cc1ccc2c(c1)CCCN2CCC(C)(CO)NC1CC1. The summed E-state index contributed by atoms with van der Waals surface area (Å²) in [4.78, 5) is 2.50. The summed E-state index contributed by atoms with van der Waals surface area (Å²) in [6.45, 7) is 6.71. The van der Waals surface area contributed by atoms with Crippen LogP contribution in [0.15, 0.2) is 18.2 Å². The summed E-state index contributed by atoms with van der Waals surface area (Å²) in [7, 11) is 0. The van der Waals surface area contributed by atoms with E-state index in [1.807, 2.05) is 0 Å². The van der Waals surface area contributed by atoms with Crippen LogP contribution in [0, 0.1) is 6.92 Å². The van der Waals surface area contributed by atoms with E-state index in [0.29, 0.717) is 6.04 Å². The molecule has 3 nitrogen and oxygen atoms in total. The summed E-state index contributed by atoms with van der Waals surface area (Å²) in [6, 6.07) is 7.45. The van der Waals surface area contributed by atoms with Gasteiger partial charge in [-0.3, -0.25) is 0 Å². The van der Waals surface area contributed by atoms with Gasteiger partial charge in [0.25, 0.3) is 0 Å². The summed E-state index contributed by atoms with van der Waals surface area (Å²) in [6.07, 6.45) is 5.96. The second-order valence-corrected chi connectivity index (χ2v) is 7.11. The van der Waals surface area contributed by atoms with Crippen LogP contribution in [-0.4, -0.2) is 36.4 Å². The molecule has 0 radical (unpaired) electrons. The van der Waals surface area contributed by atoms with Crippen molar-refractivity contribution in [2.24, 2.45) is 0 Å². The van der Waals surface area contributed by atoms with Gasteiger partial charge in [0.1, 0.15) is 0 Å². The number of hydrogen-bond acceptors (Lipinski definition) is 3. The zero-order valence-corrected chi connectivity index (χ0v) is 13.4. The molecular formula is C18H28N2O. The first kappa shape index (κ1) is 14.9. The van der Waals surface area contributed by atoms with Crippen LogP contribution in [0.25, 0.3) is 0 Å². The van der Waals surface area contributed by atoms with E-state index in [0.717, 1.165) is 19.5 Å². The molecule has 1 heterocycles. The lowest BCUT2D eigenvalue weighted by molar-refractivity contribution is 0.165. The smallest absolute Gasteiger partial charge is 0.0611 e. The highest BCUT2D eigenvalue weighted by molar-refractivity contribution is 5.56. The minimum atomic E-state index is -0.135. The molecule has 1 fully saturated rings. The second-order valence-electron chi connectivity index (χ2n) is 7.11. The minimum Gasteiger partial charge on any atom is -0.394 e. The summed E-state index contributed by atoms with van der Waals surface area (Å²) < 4.78 is 0. The van der Waals surface area contributed by atoms with Crippen LogP contribution in [0.2, 0.25) is 0 Å². The van der Waals surface area contributed by atoms with E-state index in [1.54, 1.807) is 0 Å². The quantitative estimate of drug-likeness (QED) is 0.845. The Morgan fingerprint density at radius 2 is 2.19 bits per heavy atom. The van der Waals surface area contributed by atoms with Crippen molar-refractivity contribution in [2.45, 2.75) is 57.5 Å². The van der Waals surface area contributed by atoms with Crippen molar-refractivity contribution in [2.75, 3.05) is 24.6 Å². The van der Waals surface area contributed by atoms with Gasteiger partial charge in [0.15, 0.2) is 0 Å².